The molecule has 1 heterocycles. The highest BCUT2D eigenvalue weighted by atomic mass is 79.9. The molecule has 1 aromatic rings. The summed E-state index contributed by atoms with van der Waals surface area (Å²) in [4.78, 5) is 14.6. The summed E-state index contributed by atoms with van der Waals surface area (Å²) in [6, 6.07) is 4.99. The third-order valence-corrected chi connectivity index (χ3v) is 4.91. The van der Waals surface area contributed by atoms with Crippen molar-refractivity contribution in [2.24, 2.45) is 5.92 Å². The number of carbonyl (C=O) groups is 1. The highest BCUT2D eigenvalue weighted by Gasteiger charge is 2.34. The fourth-order valence-corrected chi connectivity index (χ4v) is 3.18. The summed E-state index contributed by atoms with van der Waals surface area (Å²) in [5.74, 6) is 0.106. The van der Waals surface area contributed by atoms with E-state index in [0.29, 0.717) is 22.0 Å². The van der Waals surface area contributed by atoms with Crippen LogP contribution in [0.2, 0.25) is 0 Å². The van der Waals surface area contributed by atoms with Crippen LogP contribution in [0.3, 0.4) is 0 Å². The van der Waals surface area contributed by atoms with Gasteiger partial charge in [0.25, 0.3) is 5.91 Å². The van der Waals surface area contributed by atoms with Crippen LogP contribution in [0.15, 0.2) is 22.7 Å². The van der Waals surface area contributed by atoms with Crippen molar-refractivity contribution in [1.29, 1.82) is 0 Å². The van der Waals surface area contributed by atoms with Crippen molar-refractivity contribution in [3.63, 3.8) is 0 Å². The van der Waals surface area contributed by atoms with E-state index >= 15 is 0 Å². The van der Waals surface area contributed by atoms with Crippen LogP contribution in [0.25, 0.3) is 0 Å². The number of carbonyl (C=O) groups excluding carboxylic acids is 1. The van der Waals surface area contributed by atoms with Gasteiger partial charge in [-0.1, -0.05) is 0 Å². The Labute approximate surface area is 133 Å². The second-order valence-corrected chi connectivity index (χ2v) is 6.88. The molecule has 1 atom stereocenters. The summed E-state index contributed by atoms with van der Waals surface area (Å²) in [6.07, 6.45) is 4.48. The molecule has 1 aliphatic heterocycles. The van der Waals surface area contributed by atoms with Crippen LogP contribution >= 0.6 is 15.9 Å². The van der Waals surface area contributed by atoms with E-state index < -0.39 is 0 Å². The summed E-state index contributed by atoms with van der Waals surface area (Å²) in [6.45, 7) is 2.84. The molecule has 0 radical (unpaired) electrons. The van der Waals surface area contributed by atoms with Crippen LogP contribution in [0.1, 0.15) is 36.0 Å². The smallest absolute Gasteiger partial charge is 0.254 e. The van der Waals surface area contributed by atoms with Crippen LogP contribution < -0.4 is 5.32 Å². The van der Waals surface area contributed by atoms with Gasteiger partial charge >= 0.3 is 0 Å². The lowest BCUT2D eigenvalue weighted by Crippen LogP contribution is -2.42. The normalized spacial score (nSPS) is 22.1. The topological polar surface area (TPSA) is 32.3 Å². The fourth-order valence-electron chi connectivity index (χ4n) is 2.94. The molecule has 1 aromatic carbocycles. The molecule has 1 amide bonds. The maximum absolute atomic E-state index is 13.7. The van der Waals surface area contributed by atoms with Gasteiger partial charge in [-0.3, -0.25) is 4.79 Å². The van der Waals surface area contributed by atoms with E-state index in [1.54, 1.807) is 12.1 Å². The maximum atomic E-state index is 13.7. The van der Waals surface area contributed by atoms with E-state index in [1.807, 2.05) is 4.90 Å². The zero-order valence-electron chi connectivity index (χ0n) is 11.9. The Morgan fingerprint density at radius 1 is 1.38 bits per heavy atom. The van der Waals surface area contributed by atoms with E-state index in [9.17, 15) is 9.18 Å². The predicted octanol–water partition coefficient (Wildman–Crippen LogP) is 3.19. The van der Waals surface area contributed by atoms with Gasteiger partial charge in [-0.25, -0.2) is 4.39 Å². The molecule has 0 spiro atoms. The second-order valence-electron chi connectivity index (χ2n) is 6.03. The lowest BCUT2D eigenvalue weighted by atomic mass is 9.98. The van der Waals surface area contributed by atoms with Gasteiger partial charge in [-0.15, -0.1) is 0 Å². The molecule has 1 N–H and O–H groups in total. The summed E-state index contributed by atoms with van der Waals surface area (Å²) in [5.41, 5.74) is 0.450. The Morgan fingerprint density at radius 3 is 2.81 bits per heavy atom. The Hall–Kier alpha value is -0.940. The number of halogens is 2. The average Bonchev–Trinajstić information content (AvgIpc) is 3.33. The quantitative estimate of drug-likeness (QED) is 0.900. The number of hydrogen-bond acceptors (Lipinski definition) is 2. The molecule has 1 aliphatic carbocycles. The maximum Gasteiger partial charge on any atom is 0.254 e. The van der Waals surface area contributed by atoms with E-state index in [0.717, 1.165) is 38.9 Å². The van der Waals surface area contributed by atoms with Crippen LogP contribution in [-0.4, -0.2) is 36.5 Å². The summed E-state index contributed by atoms with van der Waals surface area (Å²) in [7, 11) is 0. The molecule has 0 aromatic heterocycles. The summed E-state index contributed by atoms with van der Waals surface area (Å²) in [5, 5.41) is 3.39. The monoisotopic (exact) mass is 354 g/mol. The summed E-state index contributed by atoms with van der Waals surface area (Å²) >= 11 is 3.13. The van der Waals surface area contributed by atoms with E-state index in [1.165, 1.54) is 12.5 Å². The van der Waals surface area contributed by atoms with Gasteiger partial charge in [0, 0.05) is 18.2 Å². The number of rotatable bonds is 4. The minimum absolute atomic E-state index is 0.0329. The number of amides is 1. The lowest BCUT2D eigenvalue weighted by molar-refractivity contribution is 0.0703. The minimum atomic E-state index is -0.379. The van der Waals surface area contributed by atoms with Crippen LogP contribution in [-0.2, 0) is 0 Å². The summed E-state index contributed by atoms with van der Waals surface area (Å²) < 4.78 is 14.0. The number of nitrogens with one attached hydrogen (secondary N) is 1. The van der Waals surface area contributed by atoms with Gasteiger partial charge in [-0.2, -0.15) is 0 Å². The van der Waals surface area contributed by atoms with Crippen molar-refractivity contribution in [3.05, 3.63) is 34.1 Å². The average molecular weight is 355 g/mol. The Balaban J connectivity index is 1.73. The molecule has 2 aliphatic rings. The first-order valence-corrected chi connectivity index (χ1v) is 8.41. The molecule has 5 heteroatoms. The Morgan fingerprint density at radius 2 is 2.19 bits per heavy atom. The number of benzene rings is 1. The number of piperidine rings is 1. The van der Waals surface area contributed by atoms with Crippen LogP contribution in [0.5, 0.6) is 0 Å². The fraction of sp³-hybridized carbons (Fsp3) is 0.562. The van der Waals surface area contributed by atoms with Gasteiger partial charge in [0.15, 0.2) is 0 Å². The van der Waals surface area contributed by atoms with Gasteiger partial charge in [-0.05, 0) is 78.8 Å². The van der Waals surface area contributed by atoms with Gasteiger partial charge in [0.2, 0.25) is 0 Å². The van der Waals surface area contributed by atoms with Gasteiger partial charge in [0.05, 0.1) is 4.47 Å². The molecular formula is C16H20BrFN2O. The first-order valence-electron chi connectivity index (χ1n) is 7.62. The highest BCUT2D eigenvalue weighted by molar-refractivity contribution is 9.10. The molecule has 0 bridgehead atoms. The third kappa shape index (κ3) is 3.64. The molecule has 2 fully saturated rings. The molecule has 1 saturated carbocycles. The molecule has 21 heavy (non-hydrogen) atoms. The molecule has 3 nitrogen and oxygen atoms in total. The molecule has 1 unspecified atom stereocenters. The standard InChI is InChI=1S/C16H20BrFN2O/c17-14-6-3-12(8-15(14)18)16(21)20(13-4-5-13)10-11-2-1-7-19-9-11/h3,6,8,11,13,19H,1-2,4-5,7,9-10H2. The van der Waals surface area contributed by atoms with Crippen molar-refractivity contribution in [2.45, 2.75) is 31.7 Å². The van der Waals surface area contributed by atoms with Gasteiger partial charge in [0.1, 0.15) is 5.82 Å². The zero-order valence-corrected chi connectivity index (χ0v) is 13.5. The molecule has 114 valence electrons. The van der Waals surface area contributed by atoms with Crippen molar-refractivity contribution in [3.8, 4) is 0 Å². The van der Waals surface area contributed by atoms with E-state index in [-0.39, 0.29) is 11.7 Å². The van der Waals surface area contributed by atoms with Crippen molar-refractivity contribution < 1.29 is 9.18 Å². The zero-order chi connectivity index (χ0) is 14.8. The predicted molar refractivity (Wildman–Crippen MR) is 83.8 cm³/mol. The van der Waals surface area contributed by atoms with Crippen molar-refractivity contribution in [1.82, 2.24) is 10.2 Å². The Bertz CT molecular complexity index is 527. The van der Waals surface area contributed by atoms with E-state index in [2.05, 4.69) is 21.2 Å². The van der Waals surface area contributed by atoms with Crippen LogP contribution in [0.4, 0.5) is 4.39 Å². The highest BCUT2D eigenvalue weighted by Crippen LogP contribution is 2.30. The SMILES string of the molecule is O=C(c1ccc(Br)c(F)c1)N(CC1CCCNC1)C1CC1. The van der Waals surface area contributed by atoms with Crippen molar-refractivity contribution >= 4 is 21.8 Å². The van der Waals surface area contributed by atoms with Crippen molar-refractivity contribution in [2.75, 3.05) is 19.6 Å². The van der Waals surface area contributed by atoms with E-state index in [4.69, 9.17) is 0 Å². The lowest BCUT2D eigenvalue weighted by Gasteiger charge is -2.30. The number of hydrogen-bond donors (Lipinski definition) is 1. The molecular weight excluding hydrogens is 335 g/mol. The first-order chi connectivity index (χ1) is 10.1. The minimum Gasteiger partial charge on any atom is -0.335 e. The third-order valence-electron chi connectivity index (χ3n) is 4.27. The largest absolute Gasteiger partial charge is 0.335 e. The molecule has 3 rings (SSSR count). The van der Waals surface area contributed by atoms with Crippen LogP contribution in [0, 0.1) is 11.7 Å². The molecule has 1 saturated heterocycles. The Kier molecular flexibility index (Phi) is 4.60. The second kappa shape index (κ2) is 6.44. The van der Waals surface area contributed by atoms with Gasteiger partial charge < -0.3 is 10.2 Å². The number of nitrogens with zero attached hydrogens (tertiary/aromatic N) is 1. The first kappa shape index (κ1) is 15.0.